The molecule has 140 valence electrons. The highest BCUT2D eigenvalue weighted by Gasteiger charge is 2.25. The SMILES string of the molecule is CC(=O)c1ccc(C#N)cc1N1CCN(C(C)c2ccc(F)cc2F)CC1. The van der Waals surface area contributed by atoms with Gasteiger partial charge in [0.05, 0.1) is 11.6 Å². The molecule has 1 heterocycles. The van der Waals surface area contributed by atoms with Gasteiger partial charge in [0.25, 0.3) is 0 Å². The summed E-state index contributed by atoms with van der Waals surface area (Å²) >= 11 is 0. The second-order valence-electron chi connectivity index (χ2n) is 6.76. The van der Waals surface area contributed by atoms with Crippen LogP contribution in [0.2, 0.25) is 0 Å². The lowest BCUT2D eigenvalue weighted by Gasteiger charge is -2.39. The Morgan fingerprint density at radius 3 is 2.41 bits per heavy atom. The summed E-state index contributed by atoms with van der Waals surface area (Å²) < 4.78 is 27.2. The number of nitriles is 1. The molecular formula is C21H21F2N3O. The van der Waals surface area contributed by atoms with Gasteiger partial charge in [-0.15, -0.1) is 0 Å². The summed E-state index contributed by atoms with van der Waals surface area (Å²) in [7, 11) is 0. The average molecular weight is 369 g/mol. The molecule has 3 rings (SSSR count). The third-order valence-corrected chi connectivity index (χ3v) is 5.12. The van der Waals surface area contributed by atoms with Crippen LogP contribution in [0.5, 0.6) is 0 Å². The molecule has 27 heavy (non-hydrogen) atoms. The largest absolute Gasteiger partial charge is 0.368 e. The molecular weight excluding hydrogens is 348 g/mol. The summed E-state index contributed by atoms with van der Waals surface area (Å²) in [6.07, 6.45) is 0. The highest BCUT2D eigenvalue weighted by Crippen LogP contribution is 2.28. The van der Waals surface area contributed by atoms with Gasteiger partial charge in [-0.25, -0.2) is 8.78 Å². The third kappa shape index (κ3) is 3.99. The minimum absolute atomic E-state index is 0.0429. The van der Waals surface area contributed by atoms with Crippen LogP contribution in [0.1, 0.15) is 41.4 Å². The zero-order chi connectivity index (χ0) is 19.6. The van der Waals surface area contributed by atoms with Gasteiger partial charge in [0.2, 0.25) is 0 Å². The van der Waals surface area contributed by atoms with Gasteiger partial charge in [-0.2, -0.15) is 5.26 Å². The van der Waals surface area contributed by atoms with Gasteiger partial charge in [0.1, 0.15) is 11.6 Å². The van der Waals surface area contributed by atoms with Crippen LogP contribution in [-0.4, -0.2) is 36.9 Å². The van der Waals surface area contributed by atoms with E-state index in [2.05, 4.69) is 15.9 Å². The summed E-state index contributed by atoms with van der Waals surface area (Å²) in [4.78, 5) is 16.2. The van der Waals surface area contributed by atoms with E-state index in [4.69, 9.17) is 5.26 Å². The van der Waals surface area contributed by atoms with E-state index in [0.717, 1.165) is 11.8 Å². The van der Waals surface area contributed by atoms with Crippen molar-refractivity contribution in [3.8, 4) is 6.07 Å². The van der Waals surface area contributed by atoms with E-state index < -0.39 is 11.6 Å². The summed E-state index contributed by atoms with van der Waals surface area (Å²) in [5.41, 5.74) is 2.35. The van der Waals surface area contributed by atoms with Gasteiger partial charge in [-0.1, -0.05) is 6.07 Å². The maximum atomic E-state index is 14.1. The summed E-state index contributed by atoms with van der Waals surface area (Å²) in [6.45, 7) is 6.08. The molecule has 1 aliphatic rings. The Kier molecular flexibility index (Phi) is 5.52. The van der Waals surface area contributed by atoms with Gasteiger partial charge >= 0.3 is 0 Å². The second kappa shape index (κ2) is 7.85. The molecule has 0 aliphatic carbocycles. The van der Waals surface area contributed by atoms with Crippen LogP contribution >= 0.6 is 0 Å². The number of carbonyl (C=O) groups is 1. The van der Waals surface area contributed by atoms with Crippen molar-refractivity contribution in [2.24, 2.45) is 0 Å². The number of anilines is 1. The van der Waals surface area contributed by atoms with E-state index in [9.17, 15) is 13.6 Å². The maximum Gasteiger partial charge on any atom is 0.161 e. The first-order valence-electron chi connectivity index (χ1n) is 8.89. The average Bonchev–Trinajstić information content (AvgIpc) is 2.67. The Bertz CT molecular complexity index is 899. The van der Waals surface area contributed by atoms with Crippen molar-refractivity contribution in [1.29, 1.82) is 5.26 Å². The molecule has 2 aromatic carbocycles. The summed E-state index contributed by atoms with van der Waals surface area (Å²) in [6, 6.07) is 10.7. The van der Waals surface area contributed by atoms with Crippen molar-refractivity contribution < 1.29 is 13.6 Å². The number of halogens is 2. The molecule has 0 spiro atoms. The minimum Gasteiger partial charge on any atom is -0.368 e. The third-order valence-electron chi connectivity index (χ3n) is 5.12. The van der Waals surface area contributed by atoms with Crippen molar-refractivity contribution in [1.82, 2.24) is 4.90 Å². The van der Waals surface area contributed by atoms with Crippen LogP contribution in [0.4, 0.5) is 14.5 Å². The first-order valence-corrected chi connectivity index (χ1v) is 8.89. The number of hydrogen-bond donors (Lipinski definition) is 0. The zero-order valence-corrected chi connectivity index (χ0v) is 15.4. The van der Waals surface area contributed by atoms with Crippen LogP contribution in [0.25, 0.3) is 0 Å². The molecule has 1 fully saturated rings. The Balaban J connectivity index is 1.76. The molecule has 0 amide bonds. The first-order chi connectivity index (χ1) is 12.9. The standard InChI is InChI=1S/C21H21F2N3O/c1-14(18-6-4-17(22)12-20(18)23)25-7-9-26(10-8-25)21-11-16(13-24)3-5-19(21)15(2)27/h3-6,11-12,14H,7-10H2,1-2H3. The number of benzene rings is 2. The van der Waals surface area contributed by atoms with Crippen LogP contribution < -0.4 is 4.90 Å². The van der Waals surface area contributed by atoms with Gasteiger partial charge in [0.15, 0.2) is 5.78 Å². The lowest BCUT2D eigenvalue weighted by atomic mass is 10.0. The highest BCUT2D eigenvalue weighted by molar-refractivity contribution is 6.00. The van der Waals surface area contributed by atoms with Crippen LogP contribution in [0.3, 0.4) is 0 Å². The highest BCUT2D eigenvalue weighted by atomic mass is 19.1. The second-order valence-corrected chi connectivity index (χ2v) is 6.76. The number of carbonyl (C=O) groups excluding carboxylic acids is 1. The Morgan fingerprint density at radius 1 is 1.11 bits per heavy atom. The van der Waals surface area contributed by atoms with Gasteiger partial charge < -0.3 is 4.90 Å². The quantitative estimate of drug-likeness (QED) is 0.767. The molecule has 0 bridgehead atoms. The molecule has 1 atom stereocenters. The van der Waals surface area contributed by atoms with Crippen molar-refractivity contribution in [3.63, 3.8) is 0 Å². The predicted molar refractivity (Wildman–Crippen MR) is 99.7 cm³/mol. The fourth-order valence-electron chi connectivity index (χ4n) is 3.55. The number of rotatable bonds is 4. The minimum atomic E-state index is -0.581. The maximum absolute atomic E-state index is 14.1. The van der Waals surface area contributed by atoms with Crippen molar-refractivity contribution >= 4 is 11.5 Å². The molecule has 4 nitrogen and oxygen atoms in total. The molecule has 0 radical (unpaired) electrons. The van der Waals surface area contributed by atoms with Crippen LogP contribution in [0, 0.1) is 23.0 Å². The van der Waals surface area contributed by atoms with Gasteiger partial charge in [-0.3, -0.25) is 9.69 Å². The number of ketones is 1. The lowest BCUT2D eigenvalue weighted by Crippen LogP contribution is -2.47. The summed E-state index contributed by atoms with van der Waals surface area (Å²) in [5, 5.41) is 9.15. The van der Waals surface area contributed by atoms with Gasteiger partial charge in [0, 0.05) is 55.1 Å². The molecule has 0 aromatic heterocycles. The smallest absolute Gasteiger partial charge is 0.161 e. The monoisotopic (exact) mass is 369 g/mol. The Hall–Kier alpha value is -2.78. The molecule has 1 saturated heterocycles. The predicted octanol–water partition coefficient (Wildman–Crippen LogP) is 3.92. The number of nitrogens with zero attached hydrogens (tertiary/aromatic N) is 3. The number of hydrogen-bond acceptors (Lipinski definition) is 4. The number of piperazine rings is 1. The van der Waals surface area contributed by atoms with Crippen molar-refractivity contribution in [2.75, 3.05) is 31.1 Å². The normalized spacial score (nSPS) is 16.0. The lowest BCUT2D eigenvalue weighted by molar-refractivity contribution is 0.101. The van der Waals surface area contributed by atoms with E-state index in [1.807, 2.05) is 6.92 Å². The first kappa shape index (κ1) is 19.0. The molecule has 0 saturated carbocycles. The Morgan fingerprint density at radius 2 is 1.81 bits per heavy atom. The fraction of sp³-hybridized carbons (Fsp3) is 0.333. The van der Waals surface area contributed by atoms with Crippen molar-refractivity contribution in [2.45, 2.75) is 19.9 Å². The molecule has 6 heteroatoms. The van der Waals surface area contributed by atoms with E-state index >= 15 is 0 Å². The van der Waals surface area contributed by atoms with E-state index in [1.54, 1.807) is 18.2 Å². The van der Waals surface area contributed by atoms with E-state index in [-0.39, 0.29) is 11.8 Å². The molecule has 0 N–H and O–H groups in total. The van der Waals surface area contributed by atoms with Crippen LogP contribution in [-0.2, 0) is 0 Å². The van der Waals surface area contributed by atoms with Crippen molar-refractivity contribution in [3.05, 3.63) is 64.7 Å². The molecule has 1 unspecified atom stereocenters. The van der Waals surface area contributed by atoms with Gasteiger partial charge in [-0.05, 0) is 38.1 Å². The molecule has 1 aliphatic heterocycles. The zero-order valence-electron chi connectivity index (χ0n) is 15.4. The Labute approximate surface area is 157 Å². The fourth-order valence-corrected chi connectivity index (χ4v) is 3.55. The summed E-state index contributed by atoms with van der Waals surface area (Å²) in [5.74, 6) is -1.16. The van der Waals surface area contributed by atoms with Crippen LogP contribution in [0.15, 0.2) is 36.4 Å². The number of Topliss-reactive ketones (excluding diaryl/α,β-unsaturated/α-hetero) is 1. The molecule has 2 aromatic rings. The van der Waals surface area contributed by atoms with E-state index in [1.165, 1.54) is 19.1 Å². The topological polar surface area (TPSA) is 47.3 Å². The van der Waals surface area contributed by atoms with E-state index in [0.29, 0.717) is 42.9 Å².